The summed E-state index contributed by atoms with van der Waals surface area (Å²) in [4.78, 5) is 29.1. The molecule has 0 radical (unpaired) electrons. The normalized spacial score (nSPS) is 16.0. The maximum Gasteiger partial charge on any atom is 0.240 e. The van der Waals surface area contributed by atoms with Gasteiger partial charge in [-0.2, -0.15) is 0 Å². The lowest BCUT2D eigenvalue weighted by Gasteiger charge is -2.21. The highest BCUT2D eigenvalue weighted by atomic mass is 32.2. The molecule has 0 aliphatic carbocycles. The van der Waals surface area contributed by atoms with Crippen molar-refractivity contribution in [2.75, 3.05) is 31.6 Å². The van der Waals surface area contributed by atoms with Crippen molar-refractivity contribution in [1.82, 2.24) is 9.62 Å². The molecule has 1 saturated heterocycles. The second-order valence-electron chi connectivity index (χ2n) is 9.06. The van der Waals surface area contributed by atoms with Crippen molar-refractivity contribution in [3.8, 4) is 5.75 Å². The number of hydrogen-bond acceptors (Lipinski definition) is 5. The van der Waals surface area contributed by atoms with Gasteiger partial charge in [0.2, 0.25) is 21.8 Å². The summed E-state index contributed by atoms with van der Waals surface area (Å²) in [6.45, 7) is 2.20. The van der Waals surface area contributed by atoms with Crippen LogP contribution >= 0.6 is 0 Å². The molecular formula is C26H33N3O5S. The number of carbonyl (C=O) groups excluding carboxylic acids is 2. The molecule has 4 rings (SSSR count). The lowest BCUT2D eigenvalue weighted by Crippen LogP contribution is -2.34. The van der Waals surface area contributed by atoms with Crippen LogP contribution < -0.4 is 14.4 Å². The quantitative estimate of drug-likeness (QED) is 0.602. The van der Waals surface area contributed by atoms with Crippen molar-refractivity contribution in [2.45, 2.75) is 56.4 Å². The molecule has 2 aromatic carbocycles. The molecule has 2 amide bonds. The molecule has 2 heterocycles. The van der Waals surface area contributed by atoms with E-state index in [1.165, 1.54) is 6.07 Å². The van der Waals surface area contributed by atoms with E-state index in [9.17, 15) is 18.0 Å². The molecule has 0 saturated carbocycles. The Morgan fingerprint density at radius 3 is 2.43 bits per heavy atom. The summed E-state index contributed by atoms with van der Waals surface area (Å²) >= 11 is 0. The Labute approximate surface area is 207 Å². The summed E-state index contributed by atoms with van der Waals surface area (Å²) < 4.78 is 33.5. The second-order valence-corrected chi connectivity index (χ2v) is 10.8. The number of sulfonamides is 1. The monoisotopic (exact) mass is 499 g/mol. The van der Waals surface area contributed by atoms with E-state index in [1.807, 2.05) is 17.0 Å². The van der Waals surface area contributed by atoms with Crippen LogP contribution in [-0.4, -0.2) is 51.9 Å². The highest BCUT2D eigenvalue weighted by molar-refractivity contribution is 7.89. The van der Waals surface area contributed by atoms with E-state index >= 15 is 0 Å². The van der Waals surface area contributed by atoms with Crippen molar-refractivity contribution in [1.29, 1.82) is 0 Å². The summed E-state index contributed by atoms with van der Waals surface area (Å²) in [5.74, 6) is 0.610. The van der Waals surface area contributed by atoms with Crippen LogP contribution in [0.2, 0.25) is 0 Å². The fourth-order valence-electron chi connectivity index (χ4n) is 4.68. The molecule has 9 heteroatoms. The lowest BCUT2D eigenvalue weighted by atomic mass is 10.2. The maximum absolute atomic E-state index is 12.9. The van der Waals surface area contributed by atoms with Gasteiger partial charge >= 0.3 is 0 Å². The number of rotatable bonds is 8. The number of methoxy groups -OCH3 is 1. The van der Waals surface area contributed by atoms with Crippen molar-refractivity contribution in [3.63, 3.8) is 0 Å². The predicted octanol–water partition coefficient (Wildman–Crippen LogP) is 3.25. The lowest BCUT2D eigenvalue weighted by molar-refractivity contribution is -0.133. The van der Waals surface area contributed by atoms with E-state index in [4.69, 9.17) is 4.74 Å². The largest absolute Gasteiger partial charge is 0.497 e. The Balaban J connectivity index is 1.36. The molecule has 0 bridgehead atoms. The molecule has 35 heavy (non-hydrogen) atoms. The molecule has 0 aromatic heterocycles. The third-order valence-electron chi connectivity index (χ3n) is 6.67. The third-order valence-corrected chi connectivity index (χ3v) is 8.07. The maximum atomic E-state index is 12.9. The number of nitrogens with zero attached hydrogens (tertiary/aromatic N) is 2. The van der Waals surface area contributed by atoms with Gasteiger partial charge in [-0.3, -0.25) is 9.59 Å². The minimum Gasteiger partial charge on any atom is -0.497 e. The summed E-state index contributed by atoms with van der Waals surface area (Å²) in [7, 11) is -2.15. The van der Waals surface area contributed by atoms with Crippen molar-refractivity contribution in [2.24, 2.45) is 0 Å². The Morgan fingerprint density at radius 1 is 0.943 bits per heavy atom. The summed E-state index contributed by atoms with van der Waals surface area (Å²) in [6, 6.07) is 12.1. The third kappa shape index (κ3) is 6.21. The van der Waals surface area contributed by atoms with Crippen LogP contribution in [0.4, 0.5) is 5.69 Å². The van der Waals surface area contributed by atoms with Gasteiger partial charge < -0.3 is 14.5 Å². The van der Waals surface area contributed by atoms with E-state index in [-0.39, 0.29) is 36.1 Å². The van der Waals surface area contributed by atoms with Gasteiger partial charge in [0, 0.05) is 44.7 Å². The first kappa shape index (κ1) is 25.2. The first-order valence-electron chi connectivity index (χ1n) is 12.2. The summed E-state index contributed by atoms with van der Waals surface area (Å²) in [5.41, 5.74) is 2.34. The SMILES string of the molecule is COc1cccc(CNS(=O)(=O)c2ccc3c(c2)CCN3C(=O)CCC(=O)N2CCCCCC2)c1. The Bertz CT molecular complexity index is 1170. The fraction of sp³-hybridized carbons (Fsp3) is 0.462. The minimum atomic E-state index is -3.72. The molecule has 0 atom stereocenters. The fourth-order valence-corrected chi connectivity index (χ4v) is 5.74. The van der Waals surface area contributed by atoms with Crippen LogP contribution in [0.15, 0.2) is 47.4 Å². The van der Waals surface area contributed by atoms with Crippen LogP contribution in [0.5, 0.6) is 5.75 Å². The van der Waals surface area contributed by atoms with Crippen LogP contribution in [-0.2, 0) is 32.6 Å². The Hall–Kier alpha value is -2.91. The van der Waals surface area contributed by atoms with Gasteiger partial charge in [0.15, 0.2) is 0 Å². The number of carbonyl (C=O) groups is 2. The highest BCUT2D eigenvalue weighted by Crippen LogP contribution is 2.31. The average molecular weight is 500 g/mol. The number of ether oxygens (including phenoxy) is 1. The number of hydrogen-bond donors (Lipinski definition) is 1. The Kier molecular flexibility index (Phi) is 8.07. The molecule has 188 valence electrons. The van der Waals surface area contributed by atoms with Crippen LogP contribution in [0.1, 0.15) is 49.7 Å². The number of nitrogens with one attached hydrogen (secondary N) is 1. The van der Waals surface area contributed by atoms with Crippen molar-refractivity contribution in [3.05, 3.63) is 53.6 Å². The van der Waals surface area contributed by atoms with Gasteiger partial charge in [-0.25, -0.2) is 13.1 Å². The molecule has 1 N–H and O–H groups in total. The molecule has 0 spiro atoms. The van der Waals surface area contributed by atoms with Crippen molar-refractivity contribution >= 4 is 27.5 Å². The number of amides is 2. The number of likely N-dealkylation sites (tertiary alicyclic amines) is 1. The summed E-state index contributed by atoms with van der Waals surface area (Å²) in [6.07, 6.45) is 5.32. The van der Waals surface area contributed by atoms with Gasteiger partial charge in [-0.05, 0) is 60.7 Å². The van der Waals surface area contributed by atoms with E-state index in [0.717, 1.165) is 55.6 Å². The van der Waals surface area contributed by atoms with Crippen LogP contribution in [0, 0.1) is 0 Å². The van der Waals surface area contributed by atoms with E-state index < -0.39 is 10.0 Å². The van der Waals surface area contributed by atoms with Gasteiger partial charge in [-0.15, -0.1) is 0 Å². The molecule has 2 aliphatic heterocycles. The molecule has 8 nitrogen and oxygen atoms in total. The van der Waals surface area contributed by atoms with E-state index in [1.54, 1.807) is 36.3 Å². The number of fused-ring (bicyclic) bond motifs is 1. The molecule has 2 aromatic rings. The number of anilines is 1. The van der Waals surface area contributed by atoms with Crippen LogP contribution in [0.25, 0.3) is 0 Å². The minimum absolute atomic E-state index is 0.0447. The first-order valence-corrected chi connectivity index (χ1v) is 13.7. The standard InChI is InChI=1S/C26H33N3O5S/c1-34-22-8-6-7-20(17-22)19-27-35(32,33)23-9-10-24-21(18-23)13-16-29(24)26(31)12-11-25(30)28-14-4-2-3-5-15-28/h6-10,17-18,27H,2-5,11-16,19H2,1H3. The molecule has 0 unspecified atom stereocenters. The second kappa shape index (κ2) is 11.2. The van der Waals surface area contributed by atoms with E-state index in [0.29, 0.717) is 18.7 Å². The zero-order valence-corrected chi connectivity index (χ0v) is 21.0. The zero-order chi connectivity index (χ0) is 24.8. The first-order chi connectivity index (χ1) is 16.9. The van der Waals surface area contributed by atoms with Gasteiger partial charge in [0.05, 0.1) is 12.0 Å². The Morgan fingerprint density at radius 2 is 1.69 bits per heavy atom. The number of benzene rings is 2. The van der Waals surface area contributed by atoms with Gasteiger partial charge in [-0.1, -0.05) is 25.0 Å². The molecule has 2 aliphatic rings. The van der Waals surface area contributed by atoms with Gasteiger partial charge in [0.1, 0.15) is 5.75 Å². The smallest absolute Gasteiger partial charge is 0.240 e. The molecule has 1 fully saturated rings. The van der Waals surface area contributed by atoms with Crippen molar-refractivity contribution < 1.29 is 22.7 Å². The zero-order valence-electron chi connectivity index (χ0n) is 20.2. The molecular weight excluding hydrogens is 466 g/mol. The average Bonchev–Trinajstić information content (AvgIpc) is 3.10. The van der Waals surface area contributed by atoms with Gasteiger partial charge in [0.25, 0.3) is 0 Å². The predicted molar refractivity (Wildman–Crippen MR) is 134 cm³/mol. The topological polar surface area (TPSA) is 96.0 Å². The summed E-state index contributed by atoms with van der Waals surface area (Å²) in [5, 5.41) is 0. The highest BCUT2D eigenvalue weighted by Gasteiger charge is 2.27. The van der Waals surface area contributed by atoms with Crippen LogP contribution in [0.3, 0.4) is 0 Å². The van der Waals surface area contributed by atoms with E-state index in [2.05, 4.69) is 4.72 Å².